The molecule has 3 aromatic carbocycles. The molecule has 0 radical (unpaired) electrons. The number of hydrogen-bond acceptors (Lipinski definition) is 7. The molecule has 5 atom stereocenters. The number of benzene rings is 3. The molecule has 0 saturated carbocycles. The van der Waals surface area contributed by atoms with Crippen LogP contribution in [0.5, 0.6) is 5.75 Å². The molecule has 3 aliphatic heterocycles. The monoisotopic (exact) mass is 702 g/mol. The zero-order chi connectivity index (χ0) is 35.6. The van der Waals surface area contributed by atoms with Crippen molar-refractivity contribution in [3.63, 3.8) is 0 Å². The van der Waals surface area contributed by atoms with Gasteiger partial charge in [0.2, 0.25) is 20.2 Å². The van der Waals surface area contributed by atoms with E-state index in [9.17, 15) is 19.5 Å². The van der Waals surface area contributed by atoms with Gasteiger partial charge in [0.15, 0.2) is 5.60 Å². The topological polar surface area (TPSA) is 120 Å². The van der Waals surface area contributed by atoms with Gasteiger partial charge in [-0.1, -0.05) is 49.4 Å². The zero-order valence-electron chi connectivity index (χ0n) is 29.2. The van der Waals surface area contributed by atoms with Crippen molar-refractivity contribution in [2.24, 2.45) is 5.92 Å². The van der Waals surface area contributed by atoms with E-state index in [1.807, 2.05) is 67.6 Å². The van der Waals surface area contributed by atoms with Crippen LogP contribution in [-0.2, 0) is 37.8 Å². The fourth-order valence-corrected chi connectivity index (χ4v) is 10.6. The van der Waals surface area contributed by atoms with E-state index in [1.54, 1.807) is 42.1 Å². The number of ether oxygens (including phenoxy) is 2. The lowest BCUT2D eigenvalue weighted by Gasteiger charge is -2.31. The number of fused-ring (bicyclic) bond motifs is 2. The molecule has 2 saturated heterocycles. The maximum Gasteiger partial charge on any atom is 0.264 e. The van der Waals surface area contributed by atoms with Crippen molar-refractivity contribution < 1.29 is 33.1 Å². The van der Waals surface area contributed by atoms with Crippen LogP contribution in [0.2, 0.25) is 18.6 Å². The maximum atomic E-state index is 16.4. The van der Waals surface area contributed by atoms with Crippen LogP contribution in [0.25, 0.3) is 0 Å². The predicted molar refractivity (Wildman–Crippen MR) is 192 cm³/mol. The van der Waals surface area contributed by atoms with Gasteiger partial charge in [0.1, 0.15) is 5.75 Å². The second-order valence-electron chi connectivity index (χ2n) is 14.1. The Morgan fingerprint density at radius 2 is 1.88 bits per heavy atom. The molecule has 6 rings (SSSR count). The van der Waals surface area contributed by atoms with Crippen LogP contribution in [0.1, 0.15) is 42.9 Å². The summed E-state index contributed by atoms with van der Waals surface area (Å²) in [6.45, 7) is 6.25. The number of nitrogens with zero attached hydrogens (tertiary/aromatic N) is 2. The van der Waals surface area contributed by atoms with Gasteiger partial charge in [-0.3, -0.25) is 14.4 Å². The summed E-state index contributed by atoms with van der Waals surface area (Å²) in [7, 11) is -1.99. The molecule has 3 aromatic rings. The van der Waals surface area contributed by atoms with Crippen LogP contribution in [0, 0.1) is 5.92 Å². The highest BCUT2D eigenvalue weighted by Gasteiger charge is 2.67. The van der Waals surface area contributed by atoms with Crippen molar-refractivity contribution in [1.29, 1.82) is 0 Å². The van der Waals surface area contributed by atoms with E-state index in [2.05, 4.69) is 10.6 Å². The third-order valence-electron chi connectivity index (χ3n) is 10.4. The first-order valence-corrected chi connectivity index (χ1v) is 20.3. The SMILES string of the molecule is COc1ccc2c(c1)[C@]1(O[C@@H](CC(=O)N(CCO)Cc3ccccc3)[C@H]([Si](C)(C)F)[C@H]1C)C(=O)N2Cc1cccc(NC(=O)[C@H]2CCCN2)c1. The van der Waals surface area contributed by atoms with Gasteiger partial charge in [0.25, 0.3) is 5.91 Å². The summed E-state index contributed by atoms with van der Waals surface area (Å²) in [6, 6.07) is 22.1. The van der Waals surface area contributed by atoms with E-state index in [0.29, 0.717) is 22.7 Å². The number of amides is 3. The van der Waals surface area contributed by atoms with Crippen LogP contribution >= 0.6 is 0 Å². The molecule has 0 aromatic heterocycles. The van der Waals surface area contributed by atoms with E-state index in [4.69, 9.17) is 9.47 Å². The second kappa shape index (κ2) is 14.6. The Morgan fingerprint density at radius 3 is 2.56 bits per heavy atom. The lowest BCUT2D eigenvalue weighted by Crippen LogP contribution is -2.45. The molecule has 50 heavy (non-hydrogen) atoms. The Hall–Kier alpha value is -4.10. The maximum absolute atomic E-state index is 16.4. The molecule has 3 N–H and O–H groups in total. The Balaban J connectivity index is 1.31. The molecule has 12 heteroatoms. The molecule has 2 fully saturated rings. The third kappa shape index (κ3) is 6.94. The number of anilines is 2. The van der Waals surface area contributed by atoms with Crippen molar-refractivity contribution in [3.8, 4) is 5.75 Å². The summed E-state index contributed by atoms with van der Waals surface area (Å²) in [5.41, 5.74) is 1.33. The van der Waals surface area contributed by atoms with Gasteiger partial charge in [-0.05, 0) is 73.9 Å². The second-order valence-corrected chi connectivity index (χ2v) is 17.9. The van der Waals surface area contributed by atoms with Gasteiger partial charge in [0, 0.05) is 35.8 Å². The molecule has 3 amide bonds. The van der Waals surface area contributed by atoms with E-state index in [0.717, 1.165) is 30.5 Å². The number of carbonyl (C=O) groups excluding carboxylic acids is 3. The first-order chi connectivity index (χ1) is 24.0. The molecule has 266 valence electrons. The Labute approximate surface area is 294 Å². The van der Waals surface area contributed by atoms with Gasteiger partial charge >= 0.3 is 0 Å². The zero-order valence-corrected chi connectivity index (χ0v) is 30.2. The highest BCUT2D eigenvalue weighted by atomic mass is 28.4. The van der Waals surface area contributed by atoms with Crippen LogP contribution in [-0.4, -0.2) is 75.1 Å². The number of aliphatic hydroxyl groups excluding tert-OH is 1. The first-order valence-electron chi connectivity index (χ1n) is 17.4. The lowest BCUT2D eigenvalue weighted by atomic mass is 9.82. The normalized spacial score (nSPS) is 24.4. The smallest absolute Gasteiger partial charge is 0.264 e. The van der Waals surface area contributed by atoms with Crippen LogP contribution in [0.4, 0.5) is 15.5 Å². The van der Waals surface area contributed by atoms with Gasteiger partial charge in [0.05, 0.1) is 44.5 Å². The number of aliphatic hydroxyl groups is 1. The van der Waals surface area contributed by atoms with Crippen LogP contribution in [0.3, 0.4) is 0 Å². The van der Waals surface area contributed by atoms with E-state index >= 15 is 4.11 Å². The molecule has 3 heterocycles. The number of hydrogen-bond donors (Lipinski definition) is 3. The van der Waals surface area contributed by atoms with Gasteiger partial charge in [-0.15, -0.1) is 0 Å². The minimum Gasteiger partial charge on any atom is -0.497 e. The van der Waals surface area contributed by atoms with Gasteiger partial charge in [-0.2, -0.15) is 0 Å². The van der Waals surface area contributed by atoms with Gasteiger partial charge in [-0.25, -0.2) is 0 Å². The Kier molecular flexibility index (Phi) is 10.5. The Bertz CT molecular complexity index is 1710. The molecule has 10 nitrogen and oxygen atoms in total. The Morgan fingerprint density at radius 1 is 1.12 bits per heavy atom. The number of rotatable bonds is 12. The largest absolute Gasteiger partial charge is 0.497 e. The van der Waals surface area contributed by atoms with Crippen molar-refractivity contribution in [3.05, 3.63) is 89.5 Å². The quantitative estimate of drug-likeness (QED) is 0.177. The standard InChI is InChI=1S/C38H47FN4O6Si/c1-25-35(50(3,4)39)33(22-34(45)42(18-19-44)23-26-10-6-5-7-11-26)49-38(25)30-21-29(48-2)15-16-32(30)43(37(38)47)24-27-12-8-13-28(20-27)41-36(46)31-14-9-17-40-31/h5-8,10-13,15-16,20-21,25,31,33,35,40,44H,9,14,17-19,22-24H2,1-4H3,(H,41,46)/t25-,31-,33+,35-,38+/m1/s1. The number of carbonyl (C=O) groups is 3. The molecular formula is C38H47FN4O6Si. The lowest BCUT2D eigenvalue weighted by molar-refractivity contribution is -0.150. The highest BCUT2D eigenvalue weighted by molar-refractivity contribution is 6.72. The number of halogens is 1. The fraction of sp³-hybridized carbons (Fsp3) is 0.447. The van der Waals surface area contributed by atoms with Crippen LogP contribution < -0.4 is 20.3 Å². The summed E-state index contributed by atoms with van der Waals surface area (Å²) >= 11 is 0. The molecule has 3 aliphatic rings. The number of methoxy groups -OCH3 is 1. The summed E-state index contributed by atoms with van der Waals surface area (Å²) in [5.74, 6) is -0.760. The molecule has 0 unspecified atom stereocenters. The molecule has 0 bridgehead atoms. The molecule has 0 aliphatic carbocycles. The summed E-state index contributed by atoms with van der Waals surface area (Å²) < 4.78 is 28.8. The molecule has 1 spiro atoms. The average molecular weight is 703 g/mol. The summed E-state index contributed by atoms with van der Waals surface area (Å²) in [6.07, 6.45) is 0.738. The van der Waals surface area contributed by atoms with E-state index in [-0.39, 0.29) is 56.4 Å². The highest BCUT2D eigenvalue weighted by Crippen LogP contribution is 2.60. The fourth-order valence-electron chi connectivity index (χ4n) is 8.10. The minimum absolute atomic E-state index is 0.0903. The number of nitrogens with one attached hydrogen (secondary N) is 2. The van der Waals surface area contributed by atoms with Crippen molar-refractivity contribution >= 4 is 37.5 Å². The van der Waals surface area contributed by atoms with E-state index < -0.39 is 31.6 Å². The van der Waals surface area contributed by atoms with Crippen molar-refractivity contribution in [2.45, 2.75) is 75.7 Å². The predicted octanol–water partition coefficient (Wildman–Crippen LogP) is 5.12. The average Bonchev–Trinajstić information content (AvgIpc) is 3.79. The molecular weight excluding hydrogens is 656 g/mol. The summed E-state index contributed by atoms with van der Waals surface area (Å²) in [4.78, 5) is 44.8. The van der Waals surface area contributed by atoms with Gasteiger partial charge < -0.3 is 39.1 Å². The van der Waals surface area contributed by atoms with Crippen molar-refractivity contribution in [2.75, 3.05) is 37.0 Å². The van der Waals surface area contributed by atoms with Crippen LogP contribution in [0.15, 0.2) is 72.8 Å². The van der Waals surface area contributed by atoms with E-state index in [1.165, 1.54) is 0 Å². The minimum atomic E-state index is -3.53. The first kappa shape index (κ1) is 35.7. The third-order valence-corrected chi connectivity index (χ3v) is 12.9. The van der Waals surface area contributed by atoms with Crippen molar-refractivity contribution in [1.82, 2.24) is 10.2 Å². The summed E-state index contributed by atoms with van der Waals surface area (Å²) in [5, 5.41) is 16.0.